The molecule has 3 aromatic carbocycles. The van der Waals surface area contributed by atoms with Crippen molar-refractivity contribution < 1.29 is 17.9 Å². The summed E-state index contributed by atoms with van der Waals surface area (Å²) in [7, 11) is -0.808. The number of hydrogen-bond donors (Lipinski definition) is 0. The number of para-hydroxylation sites is 1. The maximum atomic E-state index is 13.7. The van der Waals surface area contributed by atoms with Gasteiger partial charge in [-0.1, -0.05) is 57.9 Å². The molecule has 0 saturated carbocycles. The summed E-state index contributed by atoms with van der Waals surface area (Å²) >= 11 is 3.49. The summed E-state index contributed by atoms with van der Waals surface area (Å²) in [5, 5.41) is 4.60. The first kappa shape index (κ1) is 22.4. The Kier molecular flexibility index (Phi) is 6.26. The van der Waals surface area contributed by atoms with Gasteiger partial charge in [-0.15, -0.1) is 0 Å². The second-order valence-corrected chi connectivity index (χ2v) is 10.2. The zero-order chi connectivity index (χ0) is 22.9. The SMILES string of the molecule is COc1cccc([C@H]2CC(c3cccc(Br)c3)=NN2S(=O)(=O)c2ccc(C)cc2)c1OC. The highest BCUT2D eigenvalue weighted by Gasteiger charge is 2.39. The molecule has 0 saturated heterocycles. The van der Waals surface area contributed by atoms with E-state index in [0.29, 0.717) is 29.2 Å². The average molecular weight is 515 g/mol. The fourth-order valence-electron chi connectivity index (χ4n) is 3.78. The lowest BCUT2D eigenvalue weighted by Crippen LogP contribution is -2.27. The van der Waals surface area contributed by atoms with Crippen molar-refractivity contribution in [3.63, 3.8) is 0 Å². The fourth-order valence-corrected chi connectivity index (χ4v) is 5.60. The minimum absolute atomic E-state index is 0.189. The first-order chi connectivity index (χ1) is 15.3. The Bertz CT molecular complexity index is 1270. The van der Waals surface area contributed by atoms with E-state index in [-0.39, 0.29) is 4.90 Å². The molecular weight excluding hydrogens is 492 g/mol. The van der Waals surface area contributed by atoms with Crippen LogP contribution in [0.4, 0.5) is 0 Å². The molecule has 1 atom stereocenters. The number of nitrogens with zero attached hydrogens (tertiary/aromatic N) is 2. The molecule has 0 bridgehead atoms. The first-order valence-corrected chi connectivity index (χ1v) is 12.2. The summed E-state index contributed by atoms with van der Waals surface area (Å²) in [6.45, 7) is 1.92. The van der Waals surface area contributed by atoms with Crippen LogP contribution in [-0.2, 0) is 10.0 Å². The van der Waals surface area contributed by atoms with Gasteiger partial charge in [0.15, 0.2) is 11.5 Å². The standard InChI is InChI=1S/C24H23BrN2O4S/c1-16-10-12-19(13-11-16)32(28,29)27-22(20-8-5-9-23(30-2)24(20)31-3)15-21(26-27)17-6-4-7-18(25)14-17/h4-14,22H,15H2,1-3H3/t22-/m1/s1. The third-order valence-corrected chi connectivity index (χ3v) is 7.58. The molecule has 0 unspecified atom stereocenters. The molecule has 3 aromatic rings. The van der Waals surface area contributed by atoms with Gasteiger partial charge < -0.3 is 9.47 Å². The second kappa shape index (κ2) is 8.96. The largest absolute Gasteiger partial charge is 0.493 e. The van der Waals surface area contributed by atoms with Crippen LogP contribution in [0.1, 0.15) is 29.2 Å². The Morgan fingerprint density at radius 1 is 1.00 bits per heavy atom. The van der Waals surface area contributed by atoms with Crippen LogP contribution in [0.2, 0.25) is 0 Å². The number of sulfonamides is 1. The van der Waals surface area contributed by atoms with E-state index in [9.17, 15) is 8.42 Å². The van der Waals surface area contributed by atoms with Crippen LogP contribution in [0.25, 0.3) is 0 Å². The summed E-state index contributed by atoms with van der Waals surface area (Å²) in [5.41, 5.74) is 3.20. The molecule has 0 aromatic heterocycles. The number of ether oxygens (including phenoxy) is 2. The van der Waals surface area contributed by atoms with E-state index in [1.165, 1.54) is 4.41 Å². The van der Waals surface area contributed by atoms with Crippen molar-refractivity contribution >= 4 is 31.7 Å². The van der Waals surface area contributed by atoms with Crippen molar-refractivity contribution in [1.29, 1.82) is 0 Å². The molecule has 4 rings (SSSR count). The van der Waals surface area contributed by atoms with Gasteiger partial charge in [-0.05, 0) is 42.8 Å². The second-order valence-electron chi connectivity index (χ2n) is 7.45. The van der Waals surface area contributed by atoms with Crippen LogP contribution in [0.3, 0.4) is 0 Å². The summed E-state index contributed by atoms with van der Waals surface area (Å²) in [6.07, 6.45) is 0.394. The van der Waals surface area contributed by atoms with E-state index in [1.807, 2.05) is 43.3 Å². The van der Waals surface area contributed by atoms with Crippen molar-refractivity contribution in [2.75, 3.05) is 14.2 Å². The minimum Gasteiger partial charge on any atom is -0.493 e. The van der Waals surface area contributed by atoms with Gasteiger partial charge in [0.2, 0.25) is 0 Å². The van der Waals surface area contributed by atoms with Gasteiger partial charge in [-0.2, -0.15) is 17.9 Å². The quantitative estimate of drug-likeness (QED) is 0.446. The van der Waals surface area contributed by atoms with Gasteiger partial charge in [-0.3, -0.25) is 0 Å². The highest BCUT2D eigenvalue weighted by atomic mass is 79.9. The Morgan fingerprint density at radius 3 is 2.38 bits per heavy atom. The summed E-state index contributed by atoms with van der Waals surface area (Å²) in [5.74, 6) is 1.03. The maximum Gasteiger partial charge on any atom is 0.279 e. The first-order valence-electron chi connectivity index (χ1n) is 10.0. The van der Waals surface area contributed by atoms with Gasteiger partial charge in [0.1, 0.15) is 0 Å². The molecule has 6 nitrogen and oxygen atoms in total. The van der Waals surface area contributed by atoms with Crippen molar-refractivity contribution in [2.45, 2.75) is 24.3 Å². The number of aryl methyl sites for hydroxylation is 1. The van der Waals surface area contributed by atoms with Crippen LogP contribution in [0, 0.1) is 6.92 Å². The normalized spacial score (nSPS) is 16.1. The van der Waals surface area contributed by atoms with Gasteiger partial charge in [0, 0.05) is 16.5 Å². The van der Waals surface area contributed by atoms with Gasteiger partial charge >= 0.3 is 0 Å². The molecule has 32 heavy (non-hydrogen) atoms. The van der Waals surface area contributed by atoms with Crippen molar-refractivity contribution in [1.82, 2.24) is 4.41 Å². The van der Waals surface area contributed by atoms with E-state index in [1.54, 1.807) is 44.6 Å². The smallest absolute Gasteiger partial charge is 0.279 e. The van der Waals surface area contributed by atoms with Crippen molar-refractivity contribution in [3.05, 3.63) is 87.9 Å². The Hall–Kier alpha value is -2.84. The lowest BCUT2D eigenvalue weighted by atomic mass is 9.98. The molecule has 8 heteroatoms. The molecular formula is C24H23BrN2O4S. The Labute approximate surface area is 196 Å². The number of benzene rings is 3. The minimum atomic E-state index is -3.91. The van der Waals surface area contributed by atoms with E-state index in [0.717, 1.165) is 15.6 Å². The molecule has 0 aliphatic carbocycles. The lowest BCUT2D eigenvalue weighted by Gasteiger charge is -2.25. The van der Waals surface area contributed by atoms with E-state index in [4.69, 9.17) is 9.47 Å². The molecule has 0 spiro atoms. The molecule has 0 N–H and O–H groups in total. The van der Waals surface area contributed by atoms with Crippen LogP contribution in [0.5, 0.6) is 11.5 Å². The maximum absolute atomic E-state index is 13.7. The molecule has 1 aliphatic heterocycles. The van der Waals surface area contributed by atoms with E-state index < -0.39 is 16.1 Å². The molecule has 1 aliphatic rings. The Morgan fingerprint density at radius 2 is 1.72 bits per heavy atom. The van der Waals surface area contributed by atoms with E-state index >= 15 is 0 Å². The average Bonchev–Trinajstić information content (AvgIpc) is 3.25. The molecule has 0 radical (unpaired) electrons. The van der Waals surface area contributed by atoms with Crippen molar-refractivity contribution in [2.24, 2.45) is 5.10 Å². The summed E-state index contributed by atoms with van der Waals surface area (Å²) < 4.78 is 40.5. The van der Waals surface area contributed by atoms with Crippen LogP contribution >= 0.6 is 15.9 Å². The predicted molar refractivity (Wildman–Crippen MR) is 128 cm³/mol. The summed E-state index contributed by atoms with van der Waals surface area (Å²) in [4.78, 5) is 0.189. The number of methoxy groups -OCH3 is 2. The van der Waals surface area contributed by atoms with Crippen LogP contribution in [-0.4, -0.2) is 32.8 Å². The molecule has 166 valence electrons. The highest BCUT2D eigenvalue weighted by molar-refractivity contribution is 9.10. The predicted octanol–water partition coefficient (Wildman–Crippen LogP) is 5.31. The Balaban J connectivity index is 1.86. The fraction of sp³-hybridized carbons (Fsp3) is 0.208. The van der Waals surface area contributed by atoms with Crippen LogP contribution < -0.4 is 9.47 Å². The number of hydrogen-bond acceptors (Lipinski definition) is 5. The number of rotatable bonds is 6. The number of hydrazone groups is 1. The van der Waals surface area contributed by atoms with Gasteiger partial charge in [0.25, 0.3) is 10.0 Å². The summed E-state index contributed by atoms with van der Waals surface area (Å²) in [6, 6.07) is 19.3. The lowest BCUT2D eigenvalue weighted by molar-refractivity contribution is 0.328. The number of halogens is 1. The zero-order valence-corrected chi connectivity index (χ0v) is 20.4. The molecule has 1 heterocycles. The monoisotopic (exact) mass is 514 g/mol. The van der Waals surface area contributed by atoms with E-state index in [2.05, 4.69) is 21.0 Å². The third kappa shape index (κ3) is 4.12. The van der Waals surface area contributed by atoms with Crippen molar-refractivity contribution in [3.8, 4) is 11.5 Å². The molecule has 0 fully saturated rings. The topological polar surface area (TPSA) is 68.2 Å². The van der Waals surface area contributed by atoms with Gasteiger partial charge in [0.05, 0.1) is 30.9 Å². The van der Waals surface area contributed by atoms with Gasteiger partial charge in [-0.25, -0.2) is 0 Å². The third-order valence-electron chi connectivity index (χ3n) is 5.39. The highest BCUT2D eigenvalue weighted by Crippen LogP contribution is 2.43. The van der Waals surface area contributed by atoms with Crippen LogP contribution in [0.15, 0.2) is 81.2 Å². The molecule has 0 amide bonds. The zero-order valence-electron chi connectivity index (χ0n) is 17.9.